The zero-order valence-corrected chi connectivity index (χ0v) is 21.6. The lowest BCUT2D eigenvalue weighted by Gasteiger charge is -2.19. The summed E-state index contributed by atoms with van der Waals surface area (Å²) in [6.07, 6.45) is 0.355. The van der Waals surface area contributed by atoms with E-state index in [1.165, 1.54) is 0 Å². The fraction of sp³-hybridized carbons (Fsp3) is 0.500. The number of ether oxygens (including phenoxy) is 1. The lowest BCUT2D eigenvalue weighted by molar-refractivity contribution is 0.0527. The van der Waals surface area contributed by atoms with Crippen molar-refractivity contribution in [1.29, 1.82) is 0 Å². The average Bonchev–Trinajstić information content (AvgIpc) is 3.00. The van der Waals surface area contributed by atoms with E-state index in [9.17, 15) is 4.79 Å². The molecule has 31 heavy (non-hydrogen) atoms. The number of para-hydroxylation sites is 1. The highest BCUT2D eigenvalue weighted by molar-refractivity contribution is 14.0. The molecule has 0 bridgehead atoms. The number of carbonyl (C=O) groups excluding carboxylic acids is 1. The van der Waals surface area contributed by atoms with Gasteiger partial charge < -0.3 is 20.7 Å². The molecule has 1 aromatic carbocycles. The lowest BCUT2D eigenvalue weighted by atomic mass is 10.1. The summed E-state index contributed by atoms with van der Waals surface area (Å²) < 4.78 is 7.18. The minimum Gasteiger partial charge on any atom is -0.444 e. The van der Waals surface area contributed by atoms with Crippen LogP contribution in [0.5, 0.6) is 0 Å². The van der Waals surface area contributed by atoms with Crippen LogP contribution in [0, 0.1) is 13.8 Å². The van der Waals surface area contributed by atoms with Crippen LogP contribution in [0.3, 0.4) is 0 Å². The maximum absolute atomic E-state index is 11.6. The number of benzene rings is 1. The van der Waals surface area contributed by atoms with Gasteiger partial charge in [-0.15, -0.1) is 24.0 Å². The highest BCUT2D eigenvalue weighted by atomic mass is 127. The Morgan fingerprint density at radius 1 is 1.13 bits per heavy atom. The number of halogens is 1. The number of amides is 1. The maximum atomic E-state index is 11.6. The first-order chi connectivity index (χ1) is 14.2. The molecule has 0 radical (unpaired) electrons. The van der Waals surface area contributed by atoms with E-state index in [4.69, 9.17) is 4.74 Å². The molecule has 0 saturated heterocycles. The molecule has 0 aliphatic rings. The Kier molecular flexibility index (Phi) is 10.8. The van der Waals surface area contributed by atoms with Gasteiger partial charge in [-0.25, -0.2) is 9.48 Å². The van der Waals surface area contributed by atoms with Crippen LogP contribution in [-0.4, -0.2) is 47.6 Å². The van der Waals surface area contributed by atoms with Gasteiger partial charge in [-0.05, 0) is 58.7 Å². The van der Waals surface area contributed by atoms with E-state index in [1.54, 1.807) is 7.05 Å². The number of aliphatic imine (C=N–C) groups is 1. The first-order valence-electron chi connectivity index (χ1n) is 10.2. The van der Waals surface area contributed by atoms with Gasteiger partial charge in [-0.2, -0.15) is 5.10 Å². The molecule has 0 fully saturated rings. The summed E-state index contributed by atoms with van der Waals surface area (Å²) in [6.45, 7) is 11.4. The van der Waals surface area contributed by atoms with E-state index in [1.807, 2.05) is 44.5 Å². The molecule has 9 heteroatoms. The van der Waals surface area contributed by atoms with E-state index in [0.29, 0.717) is 25.6 Å². The molecule has 2 rings (SSSR count). The van der Waals surface area contributed by atoms with Gasteiger partial charge in [0, 0.05) is 32.4 Å². The van der Waals surface area contributed by atoms with Gasteiger partial charge in [-0.1, -0.05) is 18.2 Å². The fourth-order valence-corrected chi connectivity index (χ4v) is 2.94. The summed E-state index contributed by atoms with van der Waals surface area (Å²) >= 11 is 0. The molecule has 1 heterocycles. The zero-order valence-electron chi connectivity index (χ0n) is 19.3. The topological polar surface area (TPSA) is 92.6 Å². The van der Waals surface area contributed by atoms with Crippen molar-refractivity contribution in [1.82, 2.24) is 25.7 Å². The molecular formula is C22H35IN6O2. The summed E-state index contributed by atoms with van der Waals surface area (Å²) in [5, 5.41) is 13.9. The number of rotatable bonds is 7. The third-order valence-corrected chi connectivity index (χ3v) is 4.21. The maximum Gasteiger partial charge on any atom is 0.407 e. The number of guanidine groups is 1. The third kappa shape index (κ3) is 9.16. The average molecular weight is 542 g/mol. The van der Waals surface area contributed by atoms with E-state index >= 15 is 0 Å². The number of alkyl carbamates (subject to hydrolysis) is 1. The molecule has 0 saturated carbocycles. The monoisotopic (exact) mass is 542 g/mol. The smallest absolute Gasteiger partial charge is 0.407 e. The second-order valence-electron chi connectivity index (χ2n) is 8.10. The molecule has 0 unspecified atom stereocenters. The summed E-state index contributed by atoms with van der Waals surface area (Å²) in [5.74, 6) is 0.704. The number of nitrogens with one attached hydrogen (secondary N) is 3. The van der Waals surface area contributed by atoms with E-state index in [0.717, 1.165) is 29.1 Å². The Labute approximate surface area is 202 Å². The molecule has 2 aromatic rings. The third-order valence-electron chi connectivity index (χ3n) is 4.21. The number of carbonyl (C=O) groups is 1. The second kappa shape index (κ2) is 12.5. The van der Waals surface area contributed by atoms with Gasteiger partial charge in [0.2, 0.25) is 0 Å². The van der Waals surface area contributed by atoms with Crippen molar-refractivity contribution in [3.05, 3.63) is 47.3 Å². The van der Waals surface area contributed by atoms with Crippen molar-refractivity contribution in [2.24, 2.45) is 4.99 Å². The Hall–Kier alpha value is -2.30. The number of hydrogen-bond acceptors (Lipinski definition) is 4. The van der Waals surface area contributed by atoms with Gasteiger partial charge >= 0.3 is 6.09 Å². The number of aryl methyl sites for hydroxylation is 2. The van der Waals surface area contributed by atoms with Crippen LogP contribution >= 0.6 is 24.0 Å². The lowest BCUT2D eigenvalue weighted by Crippen LogP contribution is -2.39. The molecule has 0 atom stereocenters. The van der Waals surface area contributed by atoms with Crippen LogP contribution in [0.25, 0.3) is 5.69 Å². The Bertz CT molecular complexity index is 873. The Balaban J connectivity index is 0.00000480. The molecule has 0 aliphatic carbocycles. The Morgan fingerprint density at radius 2 is 1.81 bits per heavy atom. The molecule has 1 aromatic heterocycles. The van der Waals surface area contributed by atoms with Crippen molar-refractivity contribution in [3.8, 4) is 5.69 Å². The fourth-order valence-electron chi connectivity index (χ4n) is 2.94. The van der Waals surface area contributed by atoms with Gasteiger partial charge in [-0.3, -0.25) is 4.99 Å². The highest BCUT2D eigenvalue weighted by Crippen LogP contribution is 2.16. The van der Waals surface area contributed by atoms with Crippen molar-refractivity contribution < 1.29 is 9.53 Å². The number of nitrogens with zero attached hydrogens (tertiary/aromatic N) is 3. The molecule has 0 aliphatic heterocycles. The summed E-state index contributed by atoms with van der Waals surface area (Å²) in [4.78, 5) is 15.9. The van der Waals surface area contributed by atoms with E-state index in [-0.39, 0.29) is 24.0 Å². The van der Waals surface area contributed by atoms with Crippen molar-refractivity contribution in [2.75, 3.05) is 20.1 Å². The minimum absolute atomic E-state index is 0. The van der Waals surface area contributed by atoms with Crippen LogP contribution in [-0.2, 0) is 11.3 Å². The number of aromatic nitrogens is 2. The van der Waals surface area contributed by atoms with Crippen molar-refractivity contribution in [2.45, 2.75) is 53.2 Å². The first kappa shape index (κ1) is 26.7. The van der Waals surface area contributed by atoms with Crippen LogP contribution in [0.2, 0.25) is 0 Å². The normalized spacial score (nSPS) is 11.5. The largest absolute Gasteiger partial charge is 0.444 e. The number of hydrogen-bond donors (Lipinski definition) is 3. The quantitative estimate of drug-likeness (QED) is 0.215. The first-order valence-corrected chi connectivity index (χ1v) is 10.2. The van der Waals surface area contributed by atoms with Crippen LogP contribution in [0.1, 0.15) is 44.1 Å². The van der Waals surface area contributed by atoms with Crippen LogP contribution in [0.15, 0.2) is 35.3 Å². The standard InChI is InChI=1S/C22H34N6O2.HI/c1-16-14-17(2)28(27-16)19-11-8-7-10-18(19)15-26-20(23-6)24-12-9-13-25-21(29)30-22(3,4)5;/h7-8,10-11,14H,9,12-13,15H2,1-6H3,(H,25,29)(H2,23,24,26);1H. The van der Waals surface area contributed by atoms with Gasteiger partial charge in [0.25, 0.3) is 0 Å². The van der Waals surface area contributed by atoms with Crippen molar-refractivity contribution >= 4 is 36.0 Å². The SMILES string of the molecule is CN=C(NCCCNC(=O)OC(C)(C)C)NCc1ccccc1-n1nc(C)cc1C.I. The van der Waals surface area contributed by atoms with Gasteiger partial charge in [0.15, 0.2) is 5.96 Å². The van der Waals surface area contributed by atoms with E-state index < -0.39 is 11.7 Å². The molecule has 3 N–H and O–H groups in total. The molecule has 8 nitrogen and oxygen atoms in total. The summed E-state index contributed by atoms with van der Waals surface area (Å²) in [5.41, 5.74) is 3.77. The molecule has 172 valence electrons. The van der Waals surface area contributed by atoms with Crippen LogP contribution in [0.4, 0.5) is 4.79 Å². The highest BCUT2D eigenvalue weighted by Gasteiger charge is 2.15. The summed E-state index contributed by atoms with van der Waals surface area (Å²) in [6, 6.07) is 10.2. The zero-order chi connectivity index (χ0) is 22.1. The molecule has 1 amide bonds. The Morgan fingerprint density at radius 3 is 2.42 bits per heavy atom. The predicted octanol–water partition coefficient (Wildman–Crippen LogP) is 3.69. The predicted molar refractivity (Wildman–Crippen MR) is 136 cm³/mol. The molecular weight excluding hydrogens is 507 g/mol. The van der Waals surface area contributed by atoms with Gasteiger partial charge in [0.05, 0.1) is 11.4 Å². The second-order valence-corrected chi connectivity index (χ2v) is 8.10. The van der Waals surface area contributed by atoms with E-state index in [2.05, 4.69) is 51.2 Å². The van der Waals surface area contributed by atoms with Crippen molar-refractivity contribution in [3.63, 3.8) is 0 Å². The summed E-state index contributed by atoms with van der Waals surface area (Å²) in [7, 11) is 1.74. The van der Waals surface area contributed by atoms with Crippen LogP contribution < -0.4 is 16.0 Å². The van der Waals surface area contributed by atoms with Gasteiger partial charge in [0.1, 0.15) is 5.60 Å². The minimum atomic E-state index is -0.488. The molecule has 0 spiro atoms.